The number of nitrogens with two attached hydrogens (primary N) is 1. The number of hydrogen-bond acceptors (Lipinski definition) is 3. The summed E-state index contributed by atoms with van der Waals surface area (Å²) in [6, 6.07) is 0. The Labute approximate surface area is 56.8 Å². The Morgan fingerprint density at radius 2 is 2.00 bits per heavy atom. The normalized spacial score (nSPS) is 28.0. The third-order valence-corrected chi connectivity index (χ3v) is 2.74. The van der Waals surface area contributed by atoms with Crippen molar-refractivity contribution >= 4 is 16.5 Å². The second-order valence-electron chi connectivity index (χ2n) is 2.04. The van der Waals surface area contributed by atoms with E-state index in [4.69, 9.17) is 5.84 Å². The number of hydrazone groups is 1. The molecule has 0 saturated carbocycles. The summed E-state index contributed by atoms with van der Waals surface area (Å²) in [6.45, 7) is 0. The molecule has 1 aliphatic rings. The minimum Gasteiger partial charge on any atom is -0.323 e. The molecule has 4 heteroatoms. The molecular weight excluding hydrogens is 136 g/mol. The van der Waals surface area contributed by atoms with Crippen molar-refractivity contribution in [1.82, 2.24) is 0 Å². The quantitative estimate of drug-likeness (QED) is 0.381. The molecular formula is C5H10N2OS. The Kier molecular flexibility index (Phi) is 2.22. The minimum atomic E-state index is -0.599. The molecule has 0 amide bonds. The minimum absolute atomic E-state index is 0.599. The SMILES string of the molecule is NN=C1CCS(=O)CC1. The molecule has 1 saturated heterocycles. The Morgan fingerprint density at radius 1 is 1.44 bits per heavy atom. The van der Waals surface area contributed by atoms with Gasteiger partial charge in [0, 0.05) is 28.0 Å². The standard InChI is InChI=1S/C5H10N2OS/c6-7-5-1-3-9(8)4-2-5/h1-4,6H2. The van der Waals surface area contributed by atoms with E-state index in [1.807, 2.05) is 0 Å². The molecule has 0 aromatic heterocycles. The second-order valence-corrected chi connectivity index (χ2v) is 3.74. The highest BCUT2D eigenvalue weighted by Gasteiger charge is 2.11. The van der Waals surface area contributed by atoms with E-state index in [1.54, 1.807) is 0 Å². The lowest BCUT2D eigenvalue weighted by Gasteiger charge is -2.09. The highest BCUT2D eigenvalue weighted by Crippen LogP contribution is 2.04. The summed E-state index contributed by atoms with van der Waals surface area (Å²) in [5.41, 5.74) is 1.01. The second kappa shape index (κ2) is 2.96. The molecule has 1 fully saturated rings. The van der Waals surface area contributed by atoms with E-state index in [0.717, 1.165) is 30.1 Å². The van der Waals surface area contributed by atoms with Gasteiger partial charge >= 0.3 is 0 Å². The van der Waals surface area contributed by atoms with E-state index in [2.05, 4.69) is 5.10 Å². The molecule has 1 heterocycles. The molecule has 9 heavy (non-hydrogen) atoms. The van der Waals surface area contributed by atoms with Crippen LogP contribution < -0.4 is 5.84 Å². The van der Waals surface area contributed by atoms with E-state index in [-0.39, 0.29) is 0 Å². The van der Waals surface area contributed by atoms with Crippen LogP contribution in [0.5, 0.6) is 0 Å². The summed E-state index contributed by atoms with van der Waals surface area (Å²) in [7, 11) is -0.599. The first-order valence-electron chi connectivity index (χ1n) is 2.93. The van der Waals surface area contributed by atoms with E-state index in [9.17, 15) is 4.21 Å². The molecule has 2 N–H and O–H groups in total. The fourth-order valence-electron chi connectivity index (χ4n) is 0.819. The zero-order chi connectivity index (χ0) is 6.69. The van der Waals surface area contributed by atoms with Crippen LogP contribution in [0.3, 0.4) is 0 Å². The van der Waals surface area contributed by atoms with E-state index < -0.39 is 10.8 Å². The van der Waals surface area contributed by atoms with Crippen molar-refractivity contribution in [2.75, 3.05) is 11.5 Å². The van der Waals surface area contributed by atoms with Crippen molar-refractivity contribution in [3.63, 3.8) is 0 Å². The van der Waals surface area contributed by atoms with Crippen molar-refractivity contribution in [1.29, 1.82) is 0 Å². The van der Waals surface area contributed by atoms with Gasteiger partial charge < -0.3 is 5.84 Å². The molecule has 0 radical (unpaired) electrons. The van der Waals surface area contributed by atoms with Crippen LogP contribution in [0.2, 0.25) is 0 Å². The van der Waals surface area contributed by atoms with Crippen molar-refractivity contribution in [2.45, 2.75) is 12.8 Å². The molecule has 1 rings (SSSR count). The average Bonchev–Trinajstić information content (AvgIpc) is 1.90. The van der Waals surface area contributed by atoms with Crippen molar-refractivity contribution in [2.24, 2.45) is 10.9 Å². The summed E-state index contributed by atoms with van der Waals surface area (Å²) >= 11 is 0. The van der Waals surface area contributed by atoms with Crippen LogP contribution in [-0.4, -0.2) is 21.4 Å². The predicted molar refractivity (Wildman–Crippen MR) is 38.7 cm³/mol. The van der Waals surface area contributed by atoms with Crippen LogP contribution >= 0.6 is 0 Å². The lowest BCUT2D eigenvalue weighted by Crippen LogP contribution is -2.19. The van der Waals surface area contributed by atoms with Crippen molar-refractivity contribution < 1.29 is 4.21 Å². The van der Waals surface area contributed by atoms with Gasteiger partial charge in [-0.25, -0.2) is 0 Å². The van der Waals surface area contributed by atoms with Gasteiger partial charge in [0.15, 0.2) is 0 Å². The fraction of sp³-hybridized carbons (Fsp3) is 0.800. The zero-order valence-electron chi connectivity index (χ0n) is 5.17. The number of nitrogens with zero attached hydrogens (tertiary/aromatic N) is 1. The van der Waals surface area contributed by atoms with Crippen LogP contribution in [0.1, 0.15) is 12.8 Å². The van der Waals surface area contributed by atoms with Gasteiger partial charge in [0.1, 0.15) is 0 Å². The summed E-state index contributed by atoms with van der Waals surface area (Å²) < 4.78 is 10.7. The van der Waals surface area contributed by atoms with Gasteiger partial charge in [0.05, 0.1) is 0 Å². The molecule has 52 valence electrons. The van der Waals surface area contributed by atoms with Crippen LogP contribution in [-0.2, 0) is 10.8 Å². The maximum atomic E-state index is 10.7. The molecule has 0 spiro atoms. The molecule has 0 aromatic carbocycles. The highest BCUT2D eigenvalue weighted by atomic mass is 32.2. The Hall–Kier alpha value is -0.380. The maximum absolute atomic E-state index is 10.7. The first-order valence-corrected chi connectivity index (χ1v) is 4.42. The summed E-state index contributed by atoms with van der Waals surface area (Å²) in [5.74, 6) is 6.53. The predicted octanol–water partition coefficient (Wildman–Crippen LogP) is -0.156. The fourth-order valence-corrected chi connectivity index (χ4v) is 1.95. The van der Waals surface area contributed by atoms with Crippen molar-refractivity contribution in [3.05, 3.63) is 0 Å². The van der Waals surface area contributed by atoms with Gasteiger partial charge in [-0.1, -0.05) is 0 Å². The molecule has 1 aliphatic heterocycles. The third-order valence-electron chi connectivity index (χ3n) is 1.42. The summed E-state index contributed by atoms with van der Waals surface area (Å²) in [6.07, 6.45) is 1.65. The van der Waals surface area contributed by atoms with Crippen LogP contribution in [0.25, 0.3) is 0 Å². The molecule has 3 nitrogen and oxygen atoms in total. The van der Waals surface area contributed by atoms with E-state index in [0.29, 0.717) is 0 Å². The maximum Gasteiger partial charge on any atom is 0.0394 e. The lowest BCUT2D eigenvalue weighted by molar-refractivity contribution is 0.681. The van der Waals surface area contributed by atoms with Gasteiger partial charge in [-0.3, -0.25) is 4.21 Å². The topological polar surface area (TPSA) is 55.4 Å². The summed E-state index contributed by atoms with van der Waals surface area (Å²) in [4.78, 5) is 0. The van der Waals surface area contributed by atoms with Crippen molar-refractivity contribution in [3.8, 4) is 0 Å². The lowest BCUT2D eigenvalue weighted by atomic mass is 10.2. The van der Waals surface area contributed by atoms with Crippen LogP contribution in [0, 0.1) is 0 Å². The molecule has 0 bridgehead atoms. The average molecular weight is 146 g/mol. The first-order chi connectivity index (χ1) is 4.33. The number of hydrogen-bond donors (Lipinski definition) is 1. The molecule has 0 unspecified atom stereocenters. The summed E-state index contributed by atoms with van der Waals surface area (Å²) in [5, 5.41) is 3.56. The monoisotopic (exact) mass is 146 g/mol. The van der Waals surface area contributed by atoms with Crippen LogP contribution in [0.15, 0.2) is 5.10 Å². The Morgan fingerprint density at radius 3 is 2.44 bits per heavy atom. The smallest absolute Gasteiger partial charge is 0.0394 e. The zero-order valence-corrected chi connectivity index (χ0v) is 5.99. The Balaban J connectivity index is 2.44. The first kappa shape index (κ1) is 6.74. The molecule has 0 aromatic rings. The third kappa shape index (κ3) is 1.78. The van der Waals surface area contributed by atoms with Gasteiger partial charge in [-0.05, 0) is 12.8 Å². The largest absolute Gasteiger partial charge is 0.323 e. The van der Waals surface area contributed by atoms with Gasteiger partial charge in [0.2, 0.25) is 0 Å². The van der Waals surface area contributed by atoms with Crippen LogP contribution in [0.4, 0.5) is 0 Å². The van der Waals surface area contributed by atoms with E-state index in [1.165, 1.54) is 0 Å². The molecule has 0 aliphatic carbocycles. The highest BCUT2D eigenvalue weighted by molar-refractivity contribution is 7.85. The van der Waals surface area contributed by atoms with Gasteiger partial charge in [-0.2, -0.15) is 5.10 Å². The van der Waals surface area contributed by atoms with Gasteiger partial charge in [0.25, 0.3) is 0 Å². The Bertz CT molecular complexity index is 143. The van der Waals surface area contributed by atoms with E-state index >= 15 is 0 Å². The number of rotatable bonds is 0. The van der Waals surface area contributed by atoms with Gasteiger partial charge in [-0.15, -0.1) is 0 Å². The molecule has 0 atom stereocenters.